The molecule has 7 nitrogen and oxygen atoms in total. The molecule has 1 heterocycles. The molecule has 7 heteroatoms. The summed E-state index contributed by atoms with van der Waals surface area (Å²) in [6.07, 6.45) is 0. The number of hydrogen-bond acceptors (Lipinski definition) is 5. The Morgan fingerprint density at radius 3 is 2.76 bits per heavy atom. The molecule has 112 valence electrons. The molecule has 0 aliphatic rings. The normalized spacial score (nSPS) is 10.6. The zero-order valence-electron chi connectivity index (χ0n) is 12.3. The van der Waals surface area contributed by atoms with E-state index in [-0.39, 0.29) is 10.6 Å². The quantitative estimate of drug-likeness (QED) is 0.649. The van der Waals surface area contributed by atoms with Crippen LogP contribution >= 0.6 is 0 Å². The molecule has 0 saturated heterocycles. The van der Waals surface area contributed by atoms with Crippen molar-refractivity contribution in [1.82, 2.24) is 15.1 Å². The van der Waals surface area contributed by atoms with E-state index in [0.29, 0.717) is 24.5 Å². The van der Waals surface area contributed by atoms with Crippen molar-refractivity contribution in [1.29, 1.82) is 0 Å². The summed E-state index contributed by atoms with van der Waals surface area (Å²) in [4.78, 5) is 10.6. The first-order valence-electron chi connectivity index (χ1n) is 6.54. The number of nitro benzene ring substituents is 1. The molecule has 1 aromatic carbocycles. The third-order valence-corrected chi connectivity index (χ3v) is 3.29. The van der Waals surface area contributed by atoms with Crippen LogP contribution in [0.1, 0.15) is 16.8 Å². The van der Waals surface area contributed by atoms with Crippen LogP contribution in [-0.2, 0) is 20.1 Å². The first-order valence-corrected chi connectivity index (χ1v) is 6.54. The smallest absolute Gasteiger partial charge is 0.273 e. The Balaban J connectivity index is 2.07. The highest BCUT2D eigenvalue weighted by Gasteiger charge is 2.15. The van der Waals surface area contributed by atoms with E-state index < -0.39 is 0 Å². The Bertz CT molecular complexity index is 652. The predicted molar refractivity (Wildman–Crippen MR) is 78.1 cm³/mol. The van der Waals surface area contributed by atoms with Crippen molar-refractivity contribution in [2.24, 2.45) is 7.05 Å². The van der Waals surface area contributed by atoms with Gasteiger partial charge in [0.25, 0.3) is 5.69 Å². The van der Waals surface area contributed by atoms with E-state index in [1.807, 2.05) is 14.0 Å². The fourth-order valence-corrected chi connectivity index (χ4v) is 2.30. The lowest BCUT2D eigenvalue weighted by molar-refractivity contribution is -0.385. The number of rotatable bonds is 6. The maximum atomic E-state index is 11.0. The summed E-state index contributed by atoms with van der Waals surface area (Å²) in [7, 11) is 3.42. The van der Waals surface area contributed by atoms with Gasteiger partial charge in [-0.05, 0) is 6.92 Å². The number of aryl methyl sites for hydroxylation is 2. The molecule has 0 fully saturated rings. The molecule has 0 unspecified atom stereocenters. The third-order valence-electron chi connectivity index (χ3n) is 3.29. The van der Waals surface area contributed by atoms with E-state index >= 15 is 0 Å². The molecule has 0 spiro atoms. The Kier molecular flexibility index (Phi) is 4.54. The molecule has 21 heavy (non-hydrogen) atoms. The number of methoxy groups -OCH3 is 1. The van der Waals surface area contributed by atoms with Crippen LogP contribution in [0.25, 0.3) is 0 Å². The van der Waals surface area contributed by atoms with Crippen molar-refractivity contribution in [3.8, 4) is 5.88 Å². The Morgan fingerprint density at radius 1 is 1.38 bits per heavy atom. The zero-order valence-corrected chi connectivity index (χ0v) is 12.3. The number of hydrogen-bond donors (Lipinski definition) is 1. The Hall–Kier alpha value is -2.41. The van der Waals surface area contributed by atoms with Crippen molar-refractivity contribution < 1.29 is 9.66 Å². The molecule has 0 bridgehead atoms. The average molecular weight is 290 g/mol. The highest BCUT2D eigenvalue weighted by molar-refractivity contribution is 5.39. The van der Waals surface area contributed by atoms with E-state index in [9.17, 15) is 10.1 Å². The van der Waals surface area contributed by atoms with Crippen molar-refractivity contribution in [3.63, 3.8) is 0 Å². The molecule has 0 radical (unpaired) electrons. The van der Waals surface area contributed by atoms with E-state index in [0.717, 1.165) is 11.3 Å². The van der Waals surface area contributed by atoms with Gasteiger partial charge in [0, 0.05) is 31.8 Å². The van der Waals surface area contributed by atoms with Gasteiger partial charge in [0.1, 0.15) is 0 Å². The van der Waals surface area contributed by atoms with Crippen LogP contribution < -0.4 is 10.1 Å². The van der Waals surface area contributed by atoms with Crippen molar-refractivity contribution in [2.45, 2.75) is 20.0 Å². The molecule has 0 amide bonds. The summed E-state index contributed by atoms with van der Waals surface area (Å²) in [6.45, 7) is 2.86. The summed E-state index contributed by atoms with van der Waals surface area (Å²) in [6, 6.07) is 6.71. The van der Waals surface area contributed by atoms with Gasteiger partial charge in [0.15, 0.2) is 0 Å². The molecule has 2 aromatic rings. The third kappa shape index (κ3) is 3.19. The minimum Gasteiger partial charge on any atom is -0.481 e. The van der Waals surface area contributed by atoms with Crippen LogP contribution in [0.3, 0.4) is 0 Å². The Morgan fingerprint density at radius 2 is 2.10 bits per heavy atom. The van der Waals surface area contributed by atoms with Crippen LogP contribution in [0.5, 0.6) is 5.88 Å². The number of nitrogens with one attached hydrogen (secondary N) is 1. The summed E-state index contributed by atoms with van der Waals surface area (Å²) in [5, 5.41) is 18.5. The van der Waals surface area contributed by atoms with Gasteiger partial charge < -0.3 is 10.1 Å². The van der Waals surface area contributed by atoms with Gasteiger partial charge in [-0.2, -0.15) is 5.10 Å². The SMILES string of the molecule is COc1c(CNCc2ccccc2[N+](=O)[O-])c(C)nn1C. The van der Waals surface area contributed by atoms with Gasteiger partial charge in [0.2, 0.25) is 5.88 Å². The number of aromatic nitrogens is 2. The first kappa shape index (κ1) is 15.0. The van der Waals surface area contributed by atoms with Crippen LogP contribution in [0.2, 0.25) is 0 Å². The minimum absolute atomic E-state index is 0.125. The maximum absolute atomic E-state index is 11.0. The van der Waals surface area contributed by atoms with E-state index in [4.69, 9.17) is 4.74 Å². The molecule has 1 aromatic heterocycles. The van der Waals surface area contributed by atoms with Gasteiger partial charge in [-0.15, -0.1) is 0 Å². The van der Waals surface area contributed by atoms with E-state index in [1.165, 1.54) is 6.07 Å². The lowest BCUT2D eigenvalue weighted by atomic mass is 10.1. The van der Waals surface area contributed by atoms with E-state index in [1.54, 1.807) is 30.0 Å². The summed E-state index contributed by atoms with van der Waals surface area (Å²) >= 11 is 0. The lowest BCUT2D eigenvalue weighted by Gasteiger charge is -2.07. The maximum Gasteiger partial charge on any atom is 0.273 e. The van der Waals surface area contributed by atoms with Crippen molar-refractivity contribution in [3.05, 3.63) is 51.2 Å². The second-order valence-electron chi connectivity index (χ2n) is 4.69. The fourth-order valence-electron chi connectivity index (χ4n) is 2.30. The molecule has 0 aliphatic carbocycles. The monoisotopic (exact) mass is 290 g/mol. The summed E-state index contributed by atoms with van der Waals surface area (Å²) in [5.41, 5.74) is 2.62. The molecule has 0 atom stereocenters. The second kappa shape index (κ2) is 6.36. The molecule has 0 saturated carbocycles. The van der Waals surface area contributed by atoms with Crippen molar-refractivity contribution >= 4 is 5.69 Å². The highest BCUT2D eigenvalue weighted by atomic mass is 16.6. The molecule has 1 N–H and O–H groups in total. The molecular weight excluding hydrogens is 272 g/mol. The molecule has 0 aliphatic heterocycles. The van der Waals surface area contributed by atoms with Gasteiger partial charge in [-0.25, -0.2) is 4.68 Å². The van der Waals surface area contributed by atoms with Gasteiger partial charge in [0.05, 0.1) is 23.3 Å². The van der Waals surface area contributed by atoms with Crippen LogP contribution in [0, 0.1) is 17.0 Å². The topological polar surface area (TPSA) is 82.2 Å². The summed E-state index contributed by atoms with van der Waals surface area (Å²) < 4.78 is 6.99. The fraction of sp³-hybridized carbons (Fsp3) is 0.357. The second-order valence-corrected chi connectivity index (χ2v) is 4.69. The number of ether oxygens (including phenoxy) is 1. The van der Waals surface area contributed by atoms with Crippen LogP contribution in [-0.4, -0.2) is 21.8 Å². The number of benzene rings is 1. The largest absolute Gasteiger partial charge is 0.481 e. The first-order chi connectivity index (χ1) is 10.0. The number of nitrogens with zero attached hydrogens (tertiary/aromatic N) is 3. The Labute approximate surface area is 122 Å². The predicted octanol–water partition coefficient (Wildman–Crippen LogP) is 1.94. The van der Waals surface area contributed by atoms with Gasteiger partial charge >= 0.3 is 0 Å². The lowest BCUT2D eigenvalue weighted by Crippen LogP contribution is -2.14. The van der Waals surface area contributed by atoms with E-state index in [2.05, 4.69) is 10.4 Å². The van der Waals surface area contributed by atoms with Crippen LogP contribution in [0.15, 0.2) is 24.3 Å². The standard InChI is InChI=1S/C14H18N4O3/c1-10-12(14(21-3)17(2)16-10)9-15-8-11-6-4-5-7-13(11)18(19)20/h4-7,15H,8-9H2,1-3H3. The minimum atomic E-state index is -0.368. The zero-order chi connectivity index (χ0) is 15.4. The summed E-state index contributed by atoms with van der Waals surface area (Å²) in [5.74, 6) is 0.697. The highest BCUT2D eigenvalue weighted by Crippen LogP contribution is 2.21. The molecule has 2 rings (SSSR count). The van der Waals surface area contributed by atoms with Crippen LogP contribution in [0.4, 0.5) is 5.69 Å². The average Bonchev–Trinajstić information content (AvgIpc) is 2.73. The van der Waals surface area contributed by atoms with Crippen molar-refractivity contribution in [2.75, 3.05) is 7.11 Å². The van der Waals surface area contributed by atoms with Gasteiger partial charge in [-0.1, -0.05) is 18.2 Å². The number of para-hydroxylation sites is 1. The van der Waals surface area contributed by atoms with Gasteiger partial charge in [-0.3, -0.25) is 10.1 Å². The number of nitro groups is 1. The molecular formula is C14H18N4O3.